The Morgan fingerprint density at radius 2 is 1.90 bits per heavy atom. The fourth-order valence-corrected chi connectivity index (χ4v) is 4.24. The van der Waals surface area contributed by atoms with Gasteiger partial charge in [-0.15, -0.1) is 11.3 Å². The molecule has 0 atom stereocenters. The van der Waals surface area contributed by atoms with Crippen molar-refractivity contribution in [2.24, 2.45) is 0 Å². The molecule has 4 nitrogen and oxygen atoms in total. The number of benzene rings is 2. The van der Waals surface area contributed by atoms with E-state index in [1.165, 1.54) is 41.4 Å². The van der Waals surface area contributed by atoms with E-state index in [-0.39, 0.29) is 5.57 Å². The Morgan fingerprint density at radius 3 is 2.66 bits per heavy atom. The SMILES string of the molecule is N#C/C(=C\c1ccc(Cl)cc1)C(=O)Nc1nc(-c2ccc3c(c2)CCCC3)cs1. The first-order valence-corrected chi connectivity index (χ1v) is 10.6. The Labute approximate surface area is 178 Å². The number of fused-ring (bicyclic) bond motifs is 1. The van der Waals surface area contributed by atoms with Crippen molar-refractivity contribution in [2.45, 2.75) is 25.7 Å². The molecule has 6 heteroatoms. The van der Waals surface area contributed by atoms with Crippen LogP contribution in [0.4, 0.5) is 5.13 Å². The number of aromatic nitrogens is 1. The van der Waals surface area contributed by atoms with Crippen molar-refractivity contribution in [3.8, 4) is 17.3 Å². The Morgan fingerprint density at radius 1 is 1.14 bits per heavy atom. The summed E-state index contributed by atoms with van der Waals surface area (Å²) in [4.78, 5) is 17.0. The van der Waals surface area contributed by atoms with Gasteiger partial charge >= 0.3 is 0 Å². The number of halogens is 1. The highest BCUT2D eigenvalue weighted by Crippen LogP contribution is 2.29. The smallest absolute Gasteiger partial charge is 0.268 e. The van der Waals surface area contributed by atoms with Crippen molar-refractivity contribution in [1.82, 2.24) is 4.98 Å². The quantitative estimate of drug-likeness (QED) is 0.423. The average Bonchev–Trinajstić information content (AvgIpc) is 3.21. The summed E-state index contributed by atoms with van der Waals surface area (Å²) in [5, 5.41) is 15.1. The van der Waals surface area contributed by atoms with E-state index in [1.54, 1.807) is 24.3 Å². The zero-order valence-corrected chi connectivity index (χ0v) is 17.2. The highest BCUT2D eigenvalue weighted by atomic mass is 35.5. The van der Waals surface area contributed by atoms with Gasteiger partial charge in [0, 0.05) is 16.0 Å². The molecule has 29 heavy (non-hydrogen) atoms. The summed E-state index contributed by atoms with van der Waals surface area (Å²) in [5.74, 6) is -0.478. The summed E-state index contributed by atoms with van der Waals surface area (Å²) in [6.07, 6.45) is 6.27. The lowest BCUT2D eigenvalue weighted by Gasteiger charge is -2.16. The molecule has 0 unspecified atom stereocenters. The van der Waals surface area contributed by atoms with E-state index in [2.05, 4.69) is 28.5 Å². The lowest BCUT2D eigenvalue weighted by molar-refractivity contribution is -0.112. The van der Waals surface area contributed by atoms with Gasteiger partial charge in [0.2, 0.25) is 0 Å². The number of hydrogen-bond acceptors (Lipinski definition) is 4. The first kappa shape index (κ1) is 19.4. The van der Waals surface area contributed by atoms with Gasteiger partial charge in [0.25, 0.3) is 5.91 Å². The van der Waals surface area contributed by atoms with E-state index < -0.39 is 5.91 Å². The molecule has 0 fully saturated rings. The molecule has 1 aliphatic rings. The van der Waals surface area contributed by atoms with Gasteiger partial charge in [-0.1, -0.05) is 35.9 Å². The zero-order valence-electron chi connectivity index (χ0n) is 15.6. The molecule has 1 N–H and O–H groups in total. The number of aryl methyl sites for hydroxylation is 2. The van der Waals surface area contributed by atoms with E-state index in [4.69, 9.17) is 11.6 Å². The molecule has 3 aromatic rings. The van der Waals surface area contributed by atoms with Gasteiger partial charge in [0.1, 0.15) is 11.6 Å². The molecule has 0 aliphatic heterocycles. The predicted molar refractivity (Wildman–Crippen MR) is 118 cm³/mol. The van der Waals surface area contributed by atoms with E-state index in [0.717, 1.165) is 29.7 Å². The van der Waals surface area contributed by atoms with Crippen LogP contribution in [0.25, 0.3) is 17.3 Å². The van der Waals surface area contributed by atoms with Crippen LogP contribution in [0.3, 0.4) is 0 Å². The molecule has 2 aromatic carbocycles. The van der Waals surface area contributed by atoms with Crippen LogP contribution in [0.1, 0.15) is 29.5 Å². The van der Waals surface area contributed by atoms with E-state index >= 15 is 0 Å². The Hall–Kier alpha value is -2.94. The number of thiazole rings is 1. The third-order valence-electron chi connectivity index (χ3n) is 4.91. The maximum atomic E-state index is 12.5. The largest absolute Gasteiger partial charge is 0.297 e. The van der Waals surface area contributed by atoms with Crippen LogP contribution in [-0.4, -0.2) is 10.9 Å². The minimum atomic E-state index is -0.478. The van der Waals surface area contributed by atoms with Gasteiger partial charge in [-0.05, 0) is 66.6 Å². The van der Waals surface area contributed by atoms with Gasteiger partial charge in [-0.3, -0.25) is 10.1 Å². The van der Waals surface area contributed by atoms with E-state index in [0.29, 0.717) is 10.2 Å². The molecule has 1 aliphatic carbocycles. The van der Waals surface area contributed by atoms with Gasteiger partial charge in [-0.25, -0.2) is 4.98 Å². The van der Waals surface area contributed by atoms with Crippen molar-refractivity contribution >= 4 is 40.1 Å². The minimum Gasteiger partial charge on any atom is -0.297 e. The number of rotatable bonds is 4. The fourth-order valence-electron chi connectivity index (χ4n) is 3.40. The van der Waals surface area contributed by atoms with Crippen LogP contribution in [0.2, 0.25) is 5.02 Å². The van der Waals surface area contributed by atoms with Gasteiger partial charge in [0.05, 0.1) is 5.69 Å². The molecule has 1 aromatic heterocycles. The first-order chi connectivity index (χ1) is 14.1. The van der Waals surface area contributed by atoms with Crippen molar-refractivity contribution < 1.29 is 4.79 Å². The van der Waals surface area contributed by atoms with Crippen molar-refractivity contribution in [3.05, 3.63) is 75.1 Å². The normalized spacial score (nSPS) is 13.4. The number of nitrogens with one attached hydrogen (secondary N) is 1. The summed E-state index contributed by atoms with van der Waals surface area (Å²) < 4.78 is 0. The summed E-state index contributed by atoms with van der Waals surface area (Å²) in [5.41, 5.74) is 5.45. The second kappa shape index (κ2) is 8.60. The summed E-state index contributed by atoms with van der Waals surface area (Å²) in [7, 11) is 0. The standard InChI is InChI=1S/C23H18ClN3OS/c24-20-9-5-15(6-10-20)11-19(13-25)22(28)27-23-26-21(14-29-23)18-8-7-16-3-1-2-4-17(16)12-18/h5-12,14H,1-4H2,(H,26,27,28)/b19-11+. The van der Waals surface area contributed by atoms with Crippen LogP contribution in [0, 0.1) is 11.3 Å². The molecule has 0 bridgehead atoms. The van der Waals surface area contributed by atoms with Crippen LogP contribution >= 0.6 is 22.9 Å². The average molecular weight is 420 g/mol. The van der Waals surface area contributed by atoms with E-state index in [1.807, 2.05) is 11.4 Å². The summed E-state index contributed by atoms with van der Waals surface area (Å²) >= 11 is 7.22. The van der Waals surface area contributed by atoms with Crippen LogP contribution < -0.4 is 5.32 Å². The number of carbonyl (C=O) groups excluding carboxylic acids is 1. The Bertz CT molecular complexity index is 1130. The summed E-state index contributed by atoms with van der Waals surface area (Å²) in [6.45, 7) is 0. The lowest BCUT2D eigenvalue weighted by Crippen LogP contribution is -2.13. The molecule has 0 saturated heterocycles. The molecular weight excluding hydrogens is 402 g/mol. The first-order valence-electron chi connectivity index (χ1n) is 9.39. The molecule has 4 rings (SSSR count). The lowest BCUT2D eigenvalue weighted by atomic mass is 9.90. The number of nitriles is 1. The van der Waals surface area contributed by atoms with Gasteiger partial charge in [0.15, 0.2) is 5.13 Å². The van der Waals surface area contributed by atoms with Crippen molar-refractivity contribution in [1.29, 1.82) is 5.26 Å². The molecule has 0 saturated carbocycles. The van der Waals surface area contributed by atoms with Crippen LogP contribution in [0.5, 0.6) is 0 Å². The number of amides is 1. The van der Waals surface area contributed by atoms with Gasteiger partial charge in [-0.2, -0.15) is 5.26 Å². The molecule has 1 amide bonds. The number of carbonyl (C=O) groups is 1. The highest BCUT2D eigenvalue weighted by molar-refractivity contribution is 7.14. The Balaban J connectivity index is 1.50. The second-order valence-electron chi connectivity index (χ2n) is 6.90. The number of anilines is 1. The maximum absolute atomic E-state index is 12.5. The third kappa shape index (κ3) is 4.56. The number of hydrogen-bond donors (Lipinski definition) is 1. The second-order valence-corrected chi connectivity index (χ2v) is 8.20. The van der Waals surface area contributed by atoms with Gasteiger partial charge < -0.3 is 0 Å². The predicted octanol–water partition coefficient (Wildman–Crippen LogP) is 5.89. The monoisotopic (exact) mass is 419 g/mol. The Kier molecular flexibility index (Phi) is 5.75. The van der Waals surface area contributed by atoms with Crippen LogP contribution in [0.15, 0.2) is 53.4 Å². The summed E-state index contributed by atoms with van der Waals surface area (Å²) in [6, 6.07) is 15.4. The van der Waals surface area contributed by atoms with Crippen LogP contribution in [-0.2, 0) is 17.6 Å². The number of nitrogens with zero attached hydrogens (tertiary/aromatic N) is 2. The topological polar surface area (TPSA) is 65.8 Å². The molecule has 144 valence electrons. The minimum absolute atomic E-state index is 0.0119. The van der Waals surface area contributed by atoms with E-state index in [9.17, 15) is 10.1 Å². The fraction of sp³-hybridized carbons (Fsp3) is 0.174. The third-order valence-corrected chi connectivity index (χ3v) is 5.92. The molecule has 1 heterocycles. The molecule has 0 spiro atoms. The molecule has 0 radical (unpaired) electrons. The van der Waals surface area contributed by atoms with Crippen molar-refractivity contribution in [2.75, 3.05) is 5.32 Å². The molecular formula is C23H18ClN3OS. The highest BCUT2D eigenvalue weighted by Gasteiger charge is 2.14. The maximum Gasteiger partial charge on any atom is 0.268 e. The zero-order chi connectivity index (χ0) is 20.2. The van der Waals surface area contributed by atoms with Crippen molar-refractivity contribution in [3.63, 3.8) is 0 Å².